The number of nitrogens with one attached hydrogen (secondary N) is 1. The van der Waals surface area contributed by atoms with E-state index in [0.29, 0.717) is 15.6 Å². The molecule has 0 bridgehead atoms. The lowest BCUT2D eigenvalue weighted by atomic mass is 10.1. The molecule has 4 nitrogen and oxygen atoms in total. The highest BCUT2D eigenvalue weighted by molar-refractivity contribution is 6.42. The van der Waals surface area contributed by atoms with Gasteiger partial charge in [-0.25, -0.2) is 4.39 Å². The quantitative estimate of drug-likeness (QED) is 0.633. The molecule has 0 saturated heterocycles. The van der Waals surface area contributed by atoms with Gasteiger partial charge in [-0.05, 0) is 49.1 Å². The Labute approximate surface area is 186 Å². The number of carbonyl (C=O) groups excluding carboxylic acids is 2. The number of nitrogens with zero attached hydrogens (tertiary/aromatic N) is 1. The molecule has 0 spiro atoms. The Morgan fingerprint density at radius 1 is 1.13 bits per heavy atom. The lowest BCUT2D eigenvalue weighted by Gasteiger charge is -2.30. The monoisotopic (exact) mass is 450 g/mol. The maximum atomic E-state index is 14.1. The van der Waals surface area contributed by atoms with Crippen molar-refractivity contribution in [1.82, 2.24) is 10.2 Å². The molecule has 1 aliphatic carbocycles. The summed E-state index contributed by atoms with van der Waals surface area (Å²) in [4.78, 5) is 27.4. The SMILES string of the molecule is CC(C(=O)NC1CCCC1)N(Cc1ccc(Cl)c(Cl)c1)C(=O)Cc1ccccc1F. The summed E-state index contributed by atoms with van der Waals surface area (Å²) in [6, 6.07) is 10.7. The van der Waals surface area contributed by atoms with Crippen molar-refractivity contribution in [2.24, 2.45) is 0 Å². The summed E-state index contributed by atoms with van der Waals surface area (Å²) >= 11 is 12.1. The number of amides is 2. The number of halogens is 3. The topological polar surface area (TPSA) is 49.4 Å². The minimum absolute atomic E-state index is 0.130. The van der Waals surface area contributed by atoms with Crippen LogP contribution in [0, 0.1) is 5.82 Å². The van der Waals surface area contributed by atoms with E-state index in [1.54, 1.807) is 43.3 Å². The molecule has 1 atom stereocenters. The van der Waals surface area contributed by atoms with Crippen LogP contribution in [-0.2, 0) is 22.6 Å². The molecule has 1 N–H and O–H groups in total. The number of carbonyl (C=O) groups is 2. The highest BCUT2D eigenvalue weighted by Crippen LogP contribution is 2.24. The van der Waals surface area contributed by atoms with Crippen LogP contribution >= 0.6 is 23.2 Å². The van der Waals surface area contributed by atoms with Crippen LogP contribution in [0.1, 0.15) is 43.7 Å². The fraction of sp³-hybridized carbons (Fsp3) is 0.391. The summed E-state index contributed by atoms with van der Waals surface area (Å²) in [5, 5.41) is 3.83. The van der Waals surface area contributed by atoms with E-state index in [0.717, 1.165) is 31.2 Å². The van der Waals surface area contributed by atoms with Crippen molar-refractivity contribution in [2.75, 3.05) is 0 Å². The zero-order valence-corrected chi connectivity index (χ0v) is 18.3. The minimum Gasteiger partial charge on any atom is -0.352 e. The van der Waals surface area contributed by atoms with E-state index in [2.05, 4.69) is 5.32 Å². The van der Waals surface area contributed by atoms with Crippen LogP contribution in [0.5, 0.6) is 0 Å². The third-order valence-corrected chi connectivity index (χ3v) is 6.24. The molecular formula is C23H25Cl2FN2O2. The van der Waals surface area contributed by atoms with Gasteiger partial charge in [0.1, 0.15) is 11.9 Å². The van der Waals surface area contributed by atoms with Crippen molar-refractivity contribution >= 4 is 35.0 Å². The Hall–Kier alpha value is -2.11. The Bertz CT molecular complexity index is 916. The fourth-order valence-electron chi connectivity index (χ4n) is 3.72. The molecular weight excluding hydrogens is 426 g/mol. The van der Waals surface area contributed by atoms with Gasteiger partial charge in [0.2, 0.25) is 11.8 Å². The van der Waals surface area contributed by atoms with Gasteiger partial charge in [-0.2, -0.15) is 0 Å². The van der Waals surface area contributed by atoms with Gasteiger partial charge >= 0.3 is 0 Å². The fourth-order valence-corrected chi connectivity index (χ4v) is 4.04. The second-order valence-electron chi connectivity index (χ2n) is 7.70. The van der Waals surface area contributed by atoms with Gasteiger partial charge in [0, 0.05) is 12.6 Å². The maximum absolute atomic E-state index is 14.1. The largest absolute Gasteiger partial charge is 0.352 e. The molecule has 1 aliphatic rings. The van der Waals surface area contributed by atoms with E-state index in [-0.39, 0.29) is 30.8 Å². The summed E-state index contributed by atoms with van der Waals surface area (Å²) in [6.07, 6.45) is 3.97. The Kier molecular flexibility index (Phi) is 7.73. The second kappa shape index (κ2) is 10.3. The van der Waals surface area contributed by atoms with E-state index in [1.807, 2.05) is 0 Å². The van der Waals surface area contributed by atoms with E-state index in [9.17, 15) is 14.0 Å². The summed E-state index contributed by atoms with van der Waals surface area (Å²) in [5.41, 5.74) is 1.04. The van der Waals surface area contributed by atoms with Crippen molar-refractivity contribution < 1.29 is 14.0 Å². The minimum atomic E-state index is -0.709. The number of hydrogen-bond acceptors (Lipinski definition) is 2. The zero-order chi connectivity index (χ0) is 21.7. The normalized spacial score (nSPS) is 15.1. The molecule has 160 valence electrons. The van der Waals surface area contributed by atoms with E-state index >= 15 is 0 Å². The van der Waals surface area contributed by atoms with Crippen LogP contribution in [0.2, 0.25) is 10.0 Å². The summed E-state index contributed by atoms with van der Waals surface area (Å²) in [7, 11) is 0. The molecule has 0 aliphatic heterocycles. The summed E-state index contributed by atoms with van der Waals surface area (Å²) < 4.78 is 14.1. The number of hydrogen-bond donors (Lipinski definition) is 1. The predicted molar refractivity (Wildman–Crippen MR) is 117 cm³/mol. The first-order valence-corrected chi connectivity index (χ1v) is 10.9. The van der Waals surface area contributed by atoms with E-state index in [4.69, 9.17) is 23.2 Å². The number of benzene rings is 2. The van der Waals surface area contributed by atoms with Gasteiger partial charge in [0.05, 0.1) is 16.5 Å². The summed E-state index contributed by atoms with van der Waals surface area (Å²) in [5.74, 6) is -0.979. The molecule has 30 heavy (non-hydrogen) atoms. The van der Waals surface area contributed by atoms with Gasteiger partial charge in [-0.1, -0.05) is 60.3 Å². The van der Waals surface area contributed by atoms with Gasteiger partial charge in [-0.15, -0.1) is 0 Å². The van der Waals surface area contributed by atoms with Crippen LogP contribution < -0.4 is 5.32 Å². The van der Waals surface area contributed by atoms with Crippen molar-refractivity contribution in [1.29, 1.82) is 0 Å². The zero-order valence-electron chi connectivity index (χ0n) is 16.8. The van der Waals surface area contributed by atoms with E-state index in [1.165, 1.54) is 11.0 Å². The first-order chi connectivity index (χ1) is 14.3. The van der Waals surface area contributed by atoms with Crippen molar-refractivity contribution in [3.05, 3.63) is 69.5 Å². The molecule has 1 saturated carbocycles. The van der Waals surface area contributed by atoms with E-state index < -0.39 is 11.9 Å². The standard InChI is InChI=1S/C23H25Cl2FN2O2/c1-15(23(30)27-18-7-3-4-8-18)28(14-16-10-11-19(24)20(25)12-16)22(29)13-17-6-2-5-9-21(17)26/h2,5-6,9-12,15,18H,3-4,7-8,13-14H2,1H3,(H,27,30). The lowest BCUT2D eigenvalue weighted by molar-refractivity contribution is -0.140. The Morgan fingerprint density at radius 3 is 2.50 bits per heavy atom. The van der Waals surface area contributed by atoms with Crippen LogP contribution in [0.3, 0.4) is 0 Å². The smallest absolute Gasteiger partial charge is 0.242 e. The molecule has 3 rings (SSSR count). The second-order valence-corrected chi connectivity index (χ2v) is 8.52. The van der Waals surface area contributed by atoms with Gasteiger partial charge in [0.15, 0.2) is 0 Å². The van der Waals surface area contributed by atoms with Crippen LogP contribution in [0.25, 0.3) is 0 Å². The van der Waals surface area contributed by atoms with Gasteiger partial charge in [-0.3, -0.25) is 9.59 Å². The highest BCUT2D eigenvalue weighted by Gasteiger charge is 2.29. The molecule has 0 heterocycles. The first kappa shape index (κ1) is 22.6. The van der Waals surface area contributed by atoms with Crippen molar-refractivity contribution in [2.45, 2.75) is 57.7 Å². The predicted octanol–water partition coefficient (Wildman–Crippen LogP) is 5.15. The maximum Gasteiger partial charge on any atom is 0.242 e. The molecule has 1 unspecified atom stereocenters. The van der Waals surface area contributed by atoms with Crippen LogP contribution in [0.15, 0.2) is 42.5 Å². The molecule has 0 aromatic heterocycles. The van der Waals surface area contributed by atoms with Crippen LogP contribution in [-0.4, -0.2) is 28.8 Å². The molecule has 2 aromatic carbocycles. The average molecular weight is 451 g/mol. The average Bonchev–Trinajstić information content (AvgIpc) is 3.23. The molecule has 1 fully saturated rings. The molecule has 0 radical (unpaired) electrons. The van der Waals surface area contributed by atoms with Crippen LogP contribution in [0.4, 0.5) is 4.39 Å². The molecule has 7 heteroatoms. The molecule has 2 aromatic rings. The summed E-state index contributed by atoms with van der Waals surface area (Å²) in [6.45, 7) is 1.87. The Balaban J connectivity index is 1.80. The Morgan fingerprint density at radius 2 is 1.83 bits per heavy atom. The van der Waals surface area contributed by atoms with Gasteiger partial charge in [0.25, 0.3) is 0 Å². The third kappa shape index (κ3) is 5.73. The number of rotatable bonds is 7. The van der Waals surface area contributed by atoms with Gasteiger partial charge < -0.3 is 10.2 Å². The third-order valence-electron chi connectivity index (χ3n) is 5.51. The van der Waals surface area contributed by atoms with Crippen molar-refractivity contribution in [3.8, 4) is 0 Å². The highest BCUT2D eigenvalue weighted by atomic mass is 35.5. The molecule has 2 amide bonds. The first-order valence-electron chi connectivity index (χ1n) is 10.1. The lowest BCUT2D eigenvalue weighted by Crippen LogP contribution is -2.50. The van der Waals surface area contributed by atoms with Crippen molar-refractivity contribution in [3.63, 3.8) is 0 Å².